The van der Waals surface area contributed by atoms with Crippen molar-refractivity contribution in [3.8, 4) is 0 Å². The number of aryl methyl sites for hydroxylation is 3. The summed E-state index contributed by atoms with van der Waals surface area (Å²) in [7, 11) is 1.79. The lowest BCUT2D eigenvalue weighted by molar-refractivity contribution is -0.145. The van der Waals surface area contributed by atoms with Crippen molar-refractivity contribution in [2.75, 3.05) is 13.7 Å². The highest BCUT2D eigenvalue weighted by Gasteiger charge is 2.19. The minimum atomic E-state index is -0.273. The summed E-state index contributed by atoms with van der Waals surface area (Å²) in [6, 6.07) is 4.03. The van der Waals surface area contributed by atoms with E-state index < -0.39 is 0 Å². The van der Waals surface area contributed by atoms with E-state index in [0.29, 0.717) is 13.0 Å². The molecule has 0 aliphatic rings. The van der Waals surface area contributed by atoms with Crippen LogP contribution in [0.5, 0.6) is 0 Å². The summed E-state index contributed by atoms with van der Waals surface area (Å²) < 4.78 is 5.07. The predicted octanol–water partition coefficient (Wildman–Crippen LogP) is 2.31. The molecule has 0 aromatic heterocycles. The maximum atomic E-state index is 11.8. The second-order valence-corrected chi connectivity index (χ2v) is 4.67. The fourth-order valence-electron chi connectivity index (χ4n) is 2.28. The van der Waals surface area contributed by atoms with Crippen molar-refractivity contribution in [2.45, 2.75) is 40.2 Å². The Balaban J connectivity index is 2.92. The van der Waals surface area contributed by atoms with Gasteiger partial charge in [0, 0.05) is 0 Å². The van der Waals surface area contributed by atoms with Crippen LogP contribution >= 0.6 is 0 Å². The van der Waals surface area contributed by atoms with Gasteiger partial charge in [0.05, 0.1) is 6.61 Å². The van der Waals surface area contributed by atoms with E-state index >= 15 is 0 Å². The molecule has 0 bridgehead atoms. The van der Waals surface area contributed by atoms with Gasteiger partial charge in [0.15, 0.2) is 0 Å². The number of hydrogen-bond donors (Lipinski definition) is 1. The van der Waals surface area contributed by atoms with Crippen molar-refractivity contribution in [3.63, 3.8) is 0 Å². The molecule has 1 aromatic carbocycles. The van der Waals surface area contributed by atoms with Crippen molar-refractivity contribution in [1.82, 2.24) is 5.32 Å². The molecule has 1 aromatic rings. The van der Waals surface area contributed by atoms with E-state index in [9.17, 15) is 4.79 Å². The van der Waals surface area contributed by atoms with Gasteiger partial charge in [-0.3, -0.25) is 4.79 Å². The molecule has 1 unspecified atom stereocenters. The average Bonchev–Trinajstić information content (AvgIpc) is 2.28. The summed E-state index contributed by atoms with van der Waals surface area (Å²) in [6.07, 6.45) is 0.674. The predicted molar refractivity (Wildman–Crippen MR) is 73.8 cm³/mol. The normalized spacial score (nSPS) is 12.3. The lowest BCUT2D eigenvalue weighted by Gasteiger charge is -2.18. The van der Waals surface area contributed by atoms with Crippen LogP contribution in [0.3, 0.4) is 0 Å². The van der Waals surface area contributed by atoms with Crippen molar-refractivity contribution in [2.24, 2.45) is 0 Å². The first-order valence-electron chi connectivity index (χ1n) is 6.40. The van der Waals surface area contributed by atoms with Crippen LogP contribution in [0.2, 0.25) is 0 Å². The Labute approximate surface area is 110 Å². The maximum absolute atomic E-state index is 11.8. The van der Waals surface area contributed by atoms with Gasteiger partial charge in [-0.15, -0.1) is 0 Å². The molecule has 0 heterocycles. The molecule has 0 spiro atoms. The van der Waals surface area contributed by atoms with Gasteiger partial charge in [0.25, 0.3) is 0 Å². The number of carbonyl (C=O) groups is 1. The van der Waals surface area contributed by atoms with Crippen molar-refractivity contribution in [3.05, 3.63) is 34.4 Å². The number of ether oxygens (including phenoxy) is 1. The molecule has 1 rings (SSSR count). The second-order valence-electron chi connectivity index (χ2n) is 4.67. The maximum Gasteiger partial charge on any atom is 0.323 e. The second kappa shape index (κ2) is 6.55. The van der Waals surface area contributed by atoms with Crippen LogP contribution in [0.1, 0.15) is 29.2 Å². The number of esters is 1. The largest absolute Gasteiger partial charge is 0.465 e. The number of hydrogen-bond acceptors (Lipinski definition) is 3. The van der Waals surface area contributed by atoms with Gasteiger partial charge in [-0.1, -0.05) is 17.7 Å². The molecular formula is C15H23NO2. The fraction of sp³-hybridized carbons (Fsp3) is 0.533. The highest BCUT2D eigenvalue weighted by molar-refractivity contribution is 5.76. The molecule has 0 radical (unpaired) electrons. The summed E-state index contributed by atoms with van der Waals surface area (Å²) in [6.45, 7) is 8.51. The third-order valence-electron chi connectivity index (χ3n) is 3.17. The smallest absolute Gasteiger partial charge is 0.323 e. The average molecular weight is 249 g/mol. The van der Waals surface area contributed by atoms with Crippen molar-refractivity contribution in [1.29, 1.82) is 0 Å². The standard InChI is InChI=1S/C15H23NO2/c1-6-18-15(17)14(16-5)9-13-11(3)7-10(2)8-12(13)4/h7-8,14,16H,6,9H2,1-5H3. The van der Waals surface area contributed by atoms with Crippen LogP contribution in [-0.2, 0) is 16.0 Å². The van der Waals surface area contributed by atoms with Gasteiger partial charge in [0.2, 0.25) is 0 Å². The molecule has 0 fully saturated rings. The molecule has 18 heavy (non-hydrogen) atoms. The SMILES string of the molecule is CCOC(=O)C(Cc1c(C)cc(C)cc1C)NC. The highest BCUT2D eigenvalue weighted by atomic mass is 16.5. The summed E-state index contributed by atoms with van der Waals surface area (Å²) >= 11 is 0. The third-order valence-corrected chi connectivity index (χ3v) is 3.17. The van der Waals surface area contributed by atoms with Gasteiger partial charge in [0.1, 0.15) is 6.04 Å². The van der Waals surface area contributed by atoms with E-state index in [1.807, 2.05) is 6.92 Å². The number of likely N-dealkylation sites (N-methyl/N-ethyl adjacent to an activating group) is 1. The minimum Gasteiger partial charge on any atom is -0.465 e. The van der Waals surface area contributed by atoms with Crippen LogP contribution in [0, 0.1) is 20.8 Å². The topological polar surface area (TPSA) is 38.3 Å². The van der Waals surface area contributed by atoms with Crippen molar-refractivity contribution < 1.29 is 9.53 Å². The van der Waals surface area contributed by atoms with E-state index in [4.69, 9.17) is 4.74 Å². The van der Waals surface area contributed by atoms with Crippen LogP contribution in [0.25, 0.3) is 0 Å². The van der Waals surface area contributed by atoms with E-state index in [0.717, 1.165) is 0 Å². The molecule has 0 aliphatic carbocycles. The quantitative estimate of drug-likeness (QED) is 0.814. The zero-order valence-corrected chi connectivity index (χ0v) is 12.0. The van der Waals surface area contributed by atoms with Gasteiger partial charge < -0.3 is 10.1 Å². The summed E-state index contributed by atoms with van der Waals surface area (Å²) in [5.41, 5.74) is 4.95. The Morgan fingerprint density at radius 3 is 2.28 bits per heavy atom. The Hall–Kier alpha value is -1.35. The first-order chi connectivity index (χ1) is 8.49. The monoisotopic (exact) mass is 249 g/mol. The molecule has 0 amide bonds. The number of benzene rings is 1. The first kappa shape index (κ1) is 14.7. The van der Waals surface area contributed by atoms with E-state index in [1.165, 1.54) is 22.3 Å². The van der Waals surface area contributed by atoms with Gasteiger partial charge in [-0.05, 0) is 57.9 Å². The Kier molecular flexibility index (Phi) is 5.35. The highest BCUT2D eigenvalue weighted by Crippen LogP contribution is 2.18. The zero-order valence-electron chi connectivity index (χ0n) is 12.0. The molecule has 1 atom stereocenters. The van der Waals surface area contributed by atoms with Crippen LogP contribution in [-0.4, -0.2) is 25.7 Å². The Bertz CT molecular complexity index is 403. The van der Waals surface area contributed by atoms with Crippen molar-refractivity contribution >= 4 is 5.97 Å². The molecule has 3 nitrogen and oxygen atoms in total. The first-order valence-corrected chi connectivity index (χ1v) is 6.40. The summed E-state index contributed by atoms with van der Waals surface area (Å²) in [5.74, 6) is -0.181. The lowest BCUT2D eigenvalue weighted by Crippen LogP contribution is -2.37. The van der Waals surface area contributed by atoms with Gasteiger partial charge in [-0.2, -0.15) is 0 Å². The molecule has 3 heteroatoms. The number of carbonyl (C=O) groups excluding carboxylic acids is 1. The molecular weight excluding hydrogens is 226 g/mol. The fourth-order valence-corrected chi connectivity index (χ4v) is 2.28. The van der Waals surface area contributed by atoms with E-state index in [2.05, 4.69) is 38.2 Å². The van der Waals surface area contributed by atoms with Crippen LogP contribution < -0.4 is 5.32 Å². The summed E-state index contributed by atoms with van der Waals surface area (Å²) in [5, 5.41) is 3.03. The molecule has 0 aliphatic heterocycles. The Morgan fingerprint density at radius 2 is 1.83 bits per heavy atom. The zero-order chi connectivity index (χ0) is 13.7. The molecule has 0 saturated carbocycles. The number of rotatable bonds is 5. The molecule has 100 valence electrons. The molecule has 1 N–H and O–H groups in total. The summed E-state index contributed by atoms with van der Waals surface area (Å²) in [4.78, 5) is 11.8. The lowest BCUT2D eigenvalue weighted by atomic mass is 9.94. The third kappa shape index (κ3) is 3.57. The van der Waals surface area contributed by atoms with Gasteiger partial charge in [-0.25, -0.2) is 0 Å². The minimum absolute atomic E-state index is 0.181. The Morgan fingerprint density at radius 1 is 1.28 bits per heavy atom. The number of nitrogens with one attached hydrogen (secondary N) is 1. The van der Waals surface area contributed by atoms with E-state index in [1.54, 1.807) is 7.05 Å². The van der Waals surface area contributed by atoms with Crippen LogP contribution in [0.15, 0.2) is 12.1 Å². The van der Waals surface area contributed by atoms with E-state index in [-0.39, 0.29) is 12.0 Å². The van der Waals surface area contributed by atoms with Gasteiger partial charge >= 0.3 is 5.97 Å². The molecule has 0 saturated heterocycles. The van der Waals surface area contributed by atoms with Crippen LogP contribution in [0.4, 0.5) is 0 Å².